The zero-order valence-electron chi connectivity index (χ0n) is 19.7. The second-order valence-electron chi connectivity index (χ2n) is 8.92. The zero-order chi connectivity index (χ0) is 24.0. The quantitative estimate of drug-likeness (QED) is 0.381. The van der Waals surface area contributed by atoms with Gasteiger partial charge in [0.15, 0.2) is 5.65 Å². The fourth-order valence-electron chi connectivity index (χ4n) is 4.46. The van der Waals surface area contributed by atoms with Crippen molar-refractivity contribution in [2.75, 3.05) is 31.1 Å². The largest absolute Gasteiger partial charge is 0.353 e. The number of piperazine rings is 1. The van der Waals surface area contributed by atoms with E-state index in [1.54, 1.807) is 23.7 Å². The van der Waals surface area contributed by atoms with Gasteiger partial charge in [-0.3, -0.25) is 4.79 Å². The number of aromatic nitrogens is 4. The number of aryl methyl sites for hydroxylation is 2. The van der Waals surface area contributed by atoms with E-state index in [0.717, 1.165) is 41.2 Å². The van der Waals surface area contributed by atoms with Gasteiger partial charge >= 0.3 is 0 Å². The van der Waals surface area contributed by atoms with Gasteiger partial charge in [-0.25, -0.2) is 14.6 Å². The lowest BCUT2D eigenvalue weighted by Gasteiger charge is -2.35. The van der Waals surface area contributed by atoms with E-state index in [4.69, 9.17) is 16.6 Å². The molecule has 0 saturated carbocycles. The highest BCUT2D eigenvalue weighted by molar-refractivity contribution is 7.12. The number of hydrogen-bond donors (Lipinski definition) is 0. The van der Waals surface area contributed by atoms with Crippen LogP contribution in [0.4, 0.5) is 5.82 Å². The van der Waals surface area contributed by atoms with Crippen molar-refractivity contribution in [3.8, 4) is 11.3 Å². The standard InChI is InChI=1S/C25H27ClN6OS/c1-15(2)32-24-21(14-28-32)20(12-22(29-24)19-11-16(3)34-17(19)4)25(33)31-9-7-30(8-10-31)23-6-5-18(26)13-27-23/h5-6,11-15H,7-10H2,1-4H3. The minimum atomic E-state index is 0.0188. The Kier molecular flexibility index (Phi) is 6.04. The highest BCUT2D eigenvalue weighted by Crippen LogP contribution is 2.33. The molecule has 1 saturated heterocycles. The van der Waals surface area contributed by atoms with Crippen molar-refractivity contribution < 1.29 is 4.79 Å². The van der Waals surface area contributed by atoms with Crippen molar-refractivity contribution in [3.63, 3.8) is 0 Å². The van der Waals surface area contributed by atoms with Gasteiger partial charge in [-0.1, -0.05) is 11.6 Å². The minimum Gasteiger partial charge on any atom is -0.353 e. The van der Waals surface area contributed by atoms with Gasteiger partial charge in [0.05, 0.1) is 27.9 Å². The van der Waals surface area contributed by atoms with Crippen molar-refractivity contribution in [3.05, 3.63) is 57.0 Å². The number of nitrogens with zero attached hydrogens (tertiary/aromatic N) is 6. The summed E-state index contributed by atoms with van der Waals surface area (Å²) in [5.41, 5.74) is 3.31. The van der Waals surface area contributed by atoms with Crippen molar-refractivity contribution in [1.82, 2.24) is 24.6 Å². The lowest BCUT2D eigenvalue weighted by Crippen LogP contribution is -2.49. The number of fused-ring (bicyclic) bond motifs is 1. The van der Waals surface area contributed by atoms with E-state index < -0.39 is 0 Å². The van der Waals surface area contributed by atoms with Crippen molar-refractivity contribution in [2.45, 2.75) is 33.7 Å². The number of carbonyl (C=O) groups is 1. The molecule has 0 bridgehead atoms. The maximum atomic E-state index is 13.8. The number of rotatable bonds is 4. The van der Waals surface area contributed by atoms with Crippen LogP contribution in [0.15, 0.2) is 36.7 Å². The fraction of sp³-hybridized carbons (Fsp3) is 0.360. The molecule has 34 heavy (non-hydrogen) atoms. The van der Waals surface area contributed by atoms with E-state index >= 15 is 0 Å². The number of halogens is 1. The maximum absolute atomic E-state index is 13.8. The Labute approximate surface area is 208 Å². The second kappa shape index (κ2) is 9.00. The van der Waals surface area contributed by atoms with Crippen molar-refractivity contribution >= 4 is 45.7 Å². The van der Waals surface area contributed by atoms with Crippen LogP contribution in [0, 0.1) is 13.8 Å². The minimum absolute atomic E-state index is 0.0188. The smallest absolute Gasteiger partial charge is 0.254 e. The molecule has 9 heteroatoms. The summed E-state index contributed by atoms with van der Waals surface area (Å²) in [7, 11) is 0. The van der Waals surface area contributed by atoms with Crippen LogP contribution in [-0.4, -0.2) is 56.7 Å². The number of hydrogen-bond acceptors (Lipinski definition) is 6. The third kappa shape index (κ3) is 4.16. The Morgan fingerprint density at radius 2 is 1.85 bits per heavy atom. The van der Waals surface area contributed by atoms with Crippen LogP contribution in [0.2, 0.25) is 5.02 Å². The van der Waals surface area contributed by atoms with Crippen LogP contribution < -0.4 is 4.90 Å². The van der Waals surface area contributed by atoms with E-state index in [1.165, 1.54) is 9.75 Å². The van der Waals surface area contributed by atoms with Crippen LogP contribution in [-0.2, 0) is 0 Å². The van der Waals surface area contributed by atoms with E-state index in [1.807, 2.05) is 27.8 Å². The summed E-state index contributed by atoms with van der Waals surface area (Å²) in [5, 5.41) is 5.98. The molecule has 4 aromatic rings. The van der Waals surface area contributed by atoms with Gasteiger partial charge in [0, 0.05) is 53.7 Å². The Morgan fingerprint density at radius 1 is 1.09 bits per heavy atom. The molecule has 0 aliphatic carbocycles. The molecular weight excluding hydrogens is 468 g/mol. The molecule has 176 valence electrons. The molecule has 1 aliphatic heterocycles. The number of amides is 1. The molecule has 0 radical (unpaired) electrons. The molecule has 1 amide bonds. The monoisotopic (exact) mass is 494 g/mol. The molecule has 0 atom stereocenters. The van der Waals surface area contributed by atoms with Crippen molar-refractivity contribution in [1.29, 1.82) is 0 Å². The molecular formula is C25H27ClN6OS. The molecule has 0 aromatic carbocycles. The van der Waals surface area contributed by atoms with Gasteiger partial charge in [0.2, 0.25) is 0 Å². The average Bonchev–Trinajstić information content (AvgIpc) is 3.41. The van der Waals surface area contributed by atoms with E-state index in [9.17, 15) is 4.79 Å². The third-order valence-corrected chi connectivity index (χ3v) is 7.40. The van der Waals surface area contributed by atoms with Crippen LogP contribution >= 0.6 is 22.9 Å². The average molecular weight is 495 g/mol. The number of pyridine rings is 2. The van der Waals surface area contributed by atoms with Crippen LogP contribution in [0.5, 0.6) is 0 Å². The predicted molar refractivity (Wildman–Crippen MR) is 138 cm³/mol. The summed E-state index contributed by atoms with van der Waals surface area (Å²) in [5.74, 6) is 0.900. The van der Waals surface area contributed by atoms with Crippen LogP contribution in [0.25, 0.3) is 22.3 Å². The lowest BCUT2D eigenvalue weighted by molar-refractivity contribution is 0.0748. The van der Waals surface area contributed by atoms with Crippen LogP contribution in [0.3, 0.4) is 0 Å². The Bertz CT molecular complexity index is 1350. The first-order chi connectivity index (χ1) is 16.3. The van der Waals surface area contributed by atoms with Gasteiger partial charge in [0.25, 0.3) is 5.91 Å². The molecule has 7 nitrogen and oxygen atoms in total. The SMILES string of the molecule is Cc1cc(-c2cc(C(=O)N3CCN(c4ccc(Cl)cn4)CC3)c3cnn(C(C)C)c3n2)c(C)s1. The number of carbonyl (C=O) groups excluding carboxylic acids is 1. The zero-order valence-corrected chi connectivity index (χ0v) is 21.3. The third-order valence-electron chi connectivity index (χ3n) is 6.21. The maximum Gasteiger partial charge on any atom is 0.254 e. The summed E-state index contributed by atoms with van der Waals surface area (Å²) in [6.07, 6.45) is 3.43. The van der Waals surface area contributed by atoms with E-state index in [0.29, 0.717) is 23.7 Å². The first kappa shape index (κ1) is 22.8. The Morgan fingerprint density at radius 3 is 2.47 bits per heavy atom. The molecule has 0 spiro atoms. The second-order valence-corrected chi connectivity index (χ2v) is 10.8. The molecule has 1 fully saturated rings. The lowest BCUT2D eigenvalue weighted by atomic mass is 10.1. The van der Waals surface area contributed by atoms with Crippen LogP contribution in [0.1, 0.15) is 40.0 Å². The van der Waals surface area contributed by atoms with Gasteiger partial charge < -0.3 is 9.80 Å². The van der Waals surface area contributed by atoms with Crippen molar-refractivity contribution in [2.24, 2.45) is 0 Å². The topological polar surface area (TPSA) is 67.2 Å². The first-order valence-electron chi connectivity index (χ1n) is 11.4. The summed E-state index contributed by atoms with van der Waals surface area (Å²) in [6, 6.07) is 8.00. The highest BCUT2D eigenvalue weighted by Gasteiger charge is 2.26. The highest BCUT2D eigenvalue weighted by atomic mass is 35.5. The van der Waals surface area contributed by atoms with Gasteiger partial charge in [0.1, 0.15) is 5.82 Å². The summed E-state index contributed by atoms with van der Waals surface area (Å²) < 4.78 is 1.90. The first-order valence-corrected chi connectivity index (χ1v) is 12.6. The van der Waals surface area contributed by atoms with E-state index in [-0.39, 0.29) is 11.9 Å². The van der Waals surface area contributed by atoms with E-state index in [2.05, 4.69) is 48.7 Å². The normalized spacial score (nSPS) is 14.4. The summed E-state index contributed by atoms with van der Waals surface area (Å²) in [4.78, 5) is 29.7. The summed E-state index contributed by atoms with van der Waals surface area (Å²) >= 11 is 7.72. The number of anilines is 1. The van der Waals surface area contributed by atoms with Gasteiger partial charge in [-0.05, 0) is 52.0 Å². The molecule has 0 N–H and O–H groups in total. The molecule has 5 rings (SSSR count). The Hall–Kier alpha value is -2.97. The van der Waals surface area contributed by atoms with Gasteiger partial charge in [-0.15, -0.1) is 11.3 Å². The Balaban J connectivity index is 1.48. The molecule has 4 aromatic heterocycles. The predicted octanol–water partition coefficient (Wildman–Crippen LogP) is 5.37. The summed E-state index contributed by atoms with van der Waals surface area (Å²) in [6.45, 7) is 11.0. The molecule has 1 aliphatic rings. The number of thiophene rings is 1. The van der Waals surface area contributed by atoms with Gasteiger partial charge in [-0.2, -0.15) is 5.10 Å². The fourth-order valence-corrected chi connectivity index (χ4v) is 5.51. The molecule has 5 heterocycles. The molecule has 0 unspecified atom stereocenters.